The molecule has 2 aromatic carbocycles. The van der Waals surface area contributed by atoms with E-state index in [9.17, 15) is 14.7 Å². The second-order valence-electron chi connectivity index (χ2n) is 8.93. The molecule has 0 aliphatic carbocycles. The number of carbonyl (C=O) groups excluding carboxylic acids is 2. The molecule has 0 radical (unpaired) electrons. The number of ether oxygens (including phenoxy) is 2. The van der Waals surface area contributed by atoms with E-state index >= 15 is 0 Å². The van der Waals surface area contributed by atoms with Gasteiger partial charge in [-0.2, -0.15) is 0 Å². The quantitative estimate of drug-likeness (QED) is 0.343. The highest BCUT2D eigenvalue weighted by molar-refractivity contribution is 7.17. The molecule has 2 heterocycles. The van der Waals surface area contributed by atoms with Gasteiger partial charge in [-0.3, -0.25) is 9.59 Å². The lowest BCUT2D eigenvalue weighted by atomic mass is 9.94. The highest BCUT2D eigenvalue weighted by Crippen LogP contribution is 2.43. The van der Waals surface area contributed by atoms with Gasteiger partial charge in [-0.1, -0.05) is 50.2 Å². The molecule has 1 N–H and O–H groups in total. The van der Waals surface area contributed by atoms with Crippen LogP contribution in [0.2, 0.25) is 0 Å². The van der Waals surface area contributed by atoms with E-state index in [1.165, 1.54) is 18.4 Å². The number of Topliss-reactive ketones (excluding diaryl/α,β-unsaturated/α-hetero) is 1. The molecule has 0 spiro atoms. The number of rotatable bonds is 11. The summed E-state index contributed by atoms with van der Waals surface area (Å²) in [5, 5.41) is 11.8. The zero-order valence-corrected chi connectivity index (χ0v) is 23.2. The smallest absolute Gasteiger partial charge is 0.290 e. The van der Waals surface area contributed by atoms with Gasteiger partial charge in [-0.25, -0.2) is 4.98 Å². The van der Waals surface area contributed by atoms with E-state index in [-0.39, 0.29) is 5.57 Å². The van der Waals surface area contributed by atoms with Crippen LogP contribution < -0.4 is 9.47 Å². The second kappa shape index (κ2) is 11.8. The lowest BCUT2D eigenvalue weighted by Crippen LogP contribution is -2.38. The normalized spacial score (nSPS) is 15.5. The fourth-order valence-corrected chi connectivity index (χ4v) is 5.73. The Morgan fingerprint density at radius 1 is 1.08 bits per heavy atom. The summed E-state index contributed by atoms with van der Waals surface area (Å²) in [7, 11) is 3.08. The van der Waals surface area contributed by atoms with Crippen LogP contribution in [0.3, 0.4) is 0 Å². The van der Waals surface area contributed by atoms with E-state index in [4.69, 9.17) is 9.47 Å². The van der Waals surface area contributed by atoms with Gasteiger partial charge in [0.2, 0.25) is 5.78 Å². The van der Waals surface area contributed by atoms with Crippen LogP contribution in [-0.4, -0.2) is 72.0 Å². The number of likely N-dealkylation sites (N-methyl/N-ethyl adjacent to an activating group) is 1. The minimum Gasteiger partial charge on any atom is -0.503 e. The molecule has 8 nitrogen and oxygen atoms in total. The lowest BCUT2D eigenvalue weighted by Gasteiger charge is -2.29. The number of aliphatic hydroxyl groups is 1. The van der Waals surface area contributed by atoms with Crippen molar-refractivity contribution >= 4 is 23.0 Å². The third-order valence-corrected chi connectivity index (χ3v) is 8.05. The molecular weight excluding hydrogens is 502 g/mol. The van der Waals surface area contributed by atoms with Crippen LogP contribution in [0.25, 0.3) is 10.6 Å². The number of hydrogen-bond donors (Lipinski definition) is 1. The third kappa shape index (κ3) is 5.16. The van der Waals surface area contributed by atoms with E-state index in [0.29, 0.717) is 45.7 Å². The molecule has 1 amide bonds. The zero-order valence-electron chi connectivity index (χ0n) is 22.4. The number of aromatic nitrogens is 1. The van der Waals surface area contributed by atoms with Crippen LogP contribution >= 0.6 is 11.3 Å². The highest BCUT2D eigenvalue weighted by Gasteiger charge is 2.44. The zero-order chi connectivity index (χ0) is 27.4. The van der Waals surface area contributed by atoms with Gasteiger partial charge in [0.05, 0.1) is 36.4 Å². The Balaban J connectivity index is 1.78. The summed E-state index contributed by atoms with van der Waals surface area (Å²) in [4.78, 5) is 36.2. The van der Waals surface area contributed by atoms with Gasteiger partial charge < -0.3 is 24.4 Å². The molecule has 0 bridgehead atoms. The first kappa shape index (κ1) is 27.3. The highest BCUT2D eigenvalue weighted by atomic mass is 32.1. The summed E-state index contributed by atoms with van der Waals surface area (Å²) in [6.07, 6.45) is 0. The molecule has 0 fully saturated rings. The van der Waals surface area contributed by atoms with Crippen molar-refractivity contribution in [2.45, 2.75) is 26.8 Å². The molecule has 4 rings (SSSR count). The number of amides is 1. The maximum atomic E-state index is 14.0. The second-order valence-corrected chi connectivity index (χ2v) is 9.93. The summed E-state index contributed by atoms with van der Waals surface area (Å²) in [6, 6.07) is 14.1. The average Bonchev–Trinajstić information content (AvgIpc) is 3.46. The van der Waals surface area contributed by atoms with Gasteiger partial charge >= 0.3 is 0 Å². The summed E-state index contributed by atoms with van der Waals surface area (Å²) < 4.78 is 10.9. The Morgan fingerprint density at radius 3 is 2.39 bits per heavy atom. The largest absolute Gasteiger partial charge is 0.503 e. The molecular formula is C29H33N3O5S. The molecule has 0 saturated carbocycles. The van der Waals surface area contributed by atoms with Gasteiger partial charge in [0.1, 0.15) is 5.01 Å². The van der Waals surface area contributed by atoms with Crippen molar-refractivity contribution in [1.29, 1.82) is 0 Å². The number of ketones is 1. The standard InChI is InChI=1S/C29H33N3O5S/c1-6-31(7-2)15-16-32-24(20-13-14-21(36-4)22(17-20)37-5)23(26(34)29(32)35)25(33)27-18(3)30-28(38-27)19-11-9-8-10-12-19/h8-14,17,24,34H,6-7,15-16H2,1-5H3. The first-order chi connectivity index (χ1) is 18.3. The Labute approximate surface area is 227 Å². The Bertz CT molecular complexity index is 1350. The van der Waals surface area contributed by atoms with Crippen molar-refractivity contribution in [1.82, 2.24) is 14.8 Å². The van der Waals surface area contributed by atoms with E-state index in [1.807, 2.05) is 30.3 Å². The number of aliphatic hydroxyl groups excluding tert-OH is 1. The van der Waals surface area contributed by atoms with Crippen molar-refractivity contribution < 1.29 is 24.2 Å². The van der Waals surface area contributed by atoms with E-state index in [2.05, 4.69) is 23.7 Å². The van der Waals surface area contributed by atoms with E-state index < -0.39 is 23.5 Å². The number of carbonyl (C=O) groups is 2. The van der Waals surface area contributed by atoms with Crippen LogP contribution in [0.4, 0.5) is 0 Å². The van der Waals surface area contributed by atoms with Gasteiger partial charge in [0.25, 0.3) is 5.91 Å². The molecule has 38 heavy (non-hydrogen) atoms. The molecule has 1 aliphatic rings. The Kier molecular flexibility index (Phi) is 8.48. The molecule has 1 unspecified atom stereocenters. The molecule has 1 aromatic heterocycles. The molecule has 1 aliphatic heterocycles. The van der Waals surface area contributed by atoms with Gasteiger partial charge in [-0.15, -0.1) is 11.3 Å². The Hall–Kier alpha value is -3.69. The number of hydrogen-bond acceptors (Lipinski definition) is 8. The molecule has 9 heteroatoms. The van der Waals surface area contributed by atoms with Crippen LogP contribution in [0, 0.1) is 6.92 Å². The number of aryl methyl sites for hydroxylation is 1. The van der Waals surface area contributed by atoms with Crippen LogP contribution in [0.5, 0.6) is 11.5 Å². The number of methoxy groups -OCH3 is 2. The fourth-order valence-electron chi connectivity index (χ4n) is 4.71. The first-order valence-electron chi connectivity index (χ1n) is 12.6. The van der Waals surface area contributed by atoms with E-state index in [0.717, 1.165) is 18.7 Å². The predicted molar refractivity (Wildman–Crippen MR) is 148 cm³/mol. The summed E-state index contributed by atoms with van der Waals surface area (Å²) in [5.41, 5.74) is 2.15. The fraction of sp³-hybridized carbons (Fsp3) is 0.345. The molecule has 200 valence electrons. The number of benzene rings is 2. The lowest BCUT2D eigenvalue weighted by molar-refractivity contribution is -0.129. The molecule has 1 atom stereocenters. The minimum atomic E-state index is -0.785. The monoisotopic (exact) mass is 535 g/mol. The van der Waals surface area contributed by atoms with E-state index in [1.54, 1.807) is 37.1 Å². The number of nitrogens with zero attached hydrogens (tertiary/aromatic N) is 3. The van der Waals surface area contributed by atoms with Crippen molar-refractivity contribution in [3.05, 3.63) is 76.0 Å². The molecule has 3 aromatic rings. The summed E-state index contributed by atoms with van der Waals surface area (Å²) in [6.45, 7) is 8.49. The van der Waals surface area contributed by atoms with Crippen molar-refractivity contribution in [2.24, 2.45) is 0 Å². The minimum absolute atomic E-state index is 0.0492. The van der Waals surface area contributed by atoms with Gasteiger partial charge in [0, 0.05) is 18.7 Å². The maximum absolute atomic E-state index is 14.0. The first-order valence-corrected chi connectivity index (χ1v) is 13.4. The number of thiazole rings is 1. The predicted octanol–water partition coefficient (Wildman–Crippen LogP) is 5.06. The van der Waals surface area contributed by atoms with Gasteiger partial charge in [0.15, 0.2) is 17.3 Å². The molecule has 0 saturated heterocycles. The third-order valence-electron chi connectivity index (χ3n) is 6.85. The Morgan fingerprint density at radius 2 is 1.76 bits per heavy atom. The topological polar surface area (TPSA) is 92.2 Å². The van der Waals surface area contributed by atoms with Crippen molar-refractivity contribution in [3.63, 3.8) is 0 Å². The van der Waals surface area contributed by atoms with Crippen LogP contribution in [0.15, 0.2) is 59.9 Å². The van der Waals surface area contributed by atoms with Crippen LogP contribution in [-0.2, 0) is 4.79 Å². The van der Waals surface area contributed by atoms with Crippen molar-refractivity contribution in [3.8, 4) is 22.1 Å². The SMILES string of the molecule is CCN(CC)CCN1C(=O)C(O)=C(C(=O)c2sc(-c3ccccc3)nc2C)C1c1ccc(OC)c(OC)c1. The van der Waals surface area contributed by atoms with Crippen LogP contribution in [0.1, 0.15) is 40.8 Å². The average molecular weight is 536 g/mol. The summed E-state index contributed by atoms with van der Waals surface area (Å²) in [5.74, 6) is -0.492. The van der Waals surface area contributed by atoms with Crippen molar-refractivity contribution in [2.75, 3.05) is 40.4 Å². The summed E-state index contributed by atoms with van der Waals surface area (Å²) >= 11 is 1.26. The maximum Gasteiger partial charge on any atom is 0.290 e. The van der Waals surface area contributed by atoms with Gasteiger partial charge in [-0.05, 0) is 37.7 Å².